The molecular formula is C20H18I2N2O2S2. The van der Waals surface area contributed by atoms with Crippen LogP contribution in [0.25, 0.3) is 0 Å². The van der Waals surface area contributed by atoms with Gasteiger partial charge in [-0.05, 0) is 93.4 Å². The summed E-state index contributed by atoms with van der Waals surface area (Å²) in [6, 6.07) is 8.72. The van der Waals surface area contributed by atoms with Crippen LogP contribution in [0, 0.1) is 7.14 Å². The first-order valence-electron chi connectivity index (χ1n) is 8.90. The van der Waals surface area contributed by atoms with Crippen molar-refractivity contribution in [1.82, 2.24) is 0 Å². The highest BCUT2D eigenvalue weighted by Crippen LogP contribution is 2.46. The first-order chi connectivity index (χ1) is 13.3. The van der Waals surface area contributed by atoms with Crippen LogP contribution < -0.4 is 9.80 Å². The van der Waals surface area contributed by atoms with Crippen LogP contribution in [0.15, 0.2) is 34.1 Å². The molecule has 2 amide bonds. The van der Waals surface area contributed by atoms with E-state index in [9.17, 15) is 9.59 Å². The van der Waals surface area contributed by atoms with Gasteiger partial charge in [-0.1, -0.05) is 21.6 Å². The first-order valence-corrected chi connectivity index (χ1v) is 13.2. The lowest BCUT2D eigenvalue weighted by atomic mass is 10.2. The molecule has 0 aromatic heterocycles. The molecule has 2 aromatic rings. The summed E-state index contributed by atoms with van der Waals surface area (Å²) in [5.41, 5.74) is 4.62. The molecule has 0 saturated heterocycles. The van der Waals surface area contributed by atoms with Gasteiger partial charge in [0, 0.05) is 55.2 Å². The van der Waals surface area contributed by atoms with Crippen LogP contribution in [0.5, 0.6) is 0 Å². The van der Waals surface area contributed by atoms with Gasteiger partial charge in [0.2, 0.25) is 11.8 Å². The highest BCUT2D eigenvalue weighted by Gasteiger charge is 2.25. The Morgan fingerprint density at radius 2 is 1.18 bits per heavy atom. The van der Waals surface area contributed by atoms with Crippen LogP contribution in [0.2, 0.25) is 0 Å². The standard InChI is InChI=1S/C20H18I2N2O2S2/c1-11(25)23-5-3-13-7-19(15(21)9-17(13)23)27-28-20-8-14-4-6-24(12(2)26)18(14)10-16(20)22/h7-10H,3-6H2,1-2H3. The molecular weight excluding hydrogens is 618 g/mol. The largest absolute Gasteiger partial charge is 0.312 e. The van der Waals surface area contributed by atoms with Crippen LogP contribution in [-0.2, 0) is 22.4 Å². The van der Waals surface area contributed by atoms with E-state index in [0.29, 0.717) is 0 Å². The molecule has 0 aliphatic carbocycles. The highest BCUT2D eigenvalue weighted by atomic mass is 127. The summed E-state index contributed by atoms with van der Waals surface area (Å²) < 4.78 is 2.34. The Labute approximate surface area is 199 Å². The van der Waals surface area contributed by atoms with Crippen LogP contribution in [0.1, 0.15) is 25.0 Å². The number of hydrogen-bond acceptors (Lipinski definition) is 4. The number of halogens is 2. The van der Waals surface area contributed by atoms with E-state index in [-0.39, 0.29) is 11.8 Å². The van der Waals surface area contributed by atoms with Gasteiger partial charge in [-0.15, -0.1) is 0 Å². The Morgan fingerprint density at radius 1 is 0.786 bits per heavy atom. The van der Waals surface area contributed by atoms with Crippen molar-refractivity contribution in [3.05, 3.63) is 42.5 Å². The molecule has 4 rings (SSSR count). The van der Waals surface area contributed by atoms with Crippen molar-refractivity contribution in [2.75, 3.05) is 22.9 Å². The van der Waals surface area contributed by atoms with E-state index in [1.54, 1.807) is 35.4 Å². The lowest BCUT2D eigenvalue weighted by Crippen LogP contribution is -2.25. The third-order valence-electron chi connectivity index (χ3n) is 5.04. The summed E-state index contributed by atoms with van der Waals surface area (Å²) >= 11 is 4.72. The average molecular weight is 636 g/mol. The summed E-state index contributed by atoms with van der Waals surface area (Å²) in [6.45, 7) is 4.81. The number of benzene rings is 2. The monoisotopic (exact) mass is 636 g/mol. The number of rotatable bonds is 3. The van der Waals surface area contributed by atoms with Gasteiger partial charge in [-0.3, -0.25) is 9.59 Å². The number of anilines is 2. The molecule has 0 N–H and O–H groups in total. The maximum Gasteiger partial charge on any atom is 0.223 e. The lowest BCUT2D eigenvalue weighted by Gasteiger charge is -2.17. The van der Waals surface area contributed by atoms with Crippen LogP contribution in [0.4, 0.5) is 11.4 Å². The van der Waals surface area contributed by atoms with E-state index in [0.717, 1.165) is 37.3 Å². The van der Waals surface area contributed by atoms with Crippen molar-refractivity contribution < 1.29 is 9.59 Å². The summed E-state index contributed by atoms with van der Waals surface area (Å²) in [7, 11) is 3.53. The number of fused-ring (bicyclic) bond motifs is 2. The fraction of sp³-hybridized carbons (Fsp3) is 0.300. The predicted molar refractivity (Wildman–Crippen MR) is 133 cm³/mol. The van der Waals surface area contributed by atoms with Gasteiger partial charge in [-0.25, -0.2) is 0 Å². The minimum Gasteiger partial charge on any atom is -0.312 e. The molecule has 2 aliphatic heterocycles. The maximum atomic E-state index is 11.8. The SMILES string of the molecule is CC(=O)N1CCc2cc(SSc3cc4c(cc3I)N(C(C)=O)CC4)c(I)cc21. The molecule has 2 heterocycles. The number of amides is 2. The molecule has 28 heavy (non-hydrogen) atoms. The molecule has 0 radical (unpaired) electrons. The molecule has 2 aromatic carbocycles. The fourth-order valence-corrected chi connectivity index (χ4v) is 8.31. The van der Waals surface area contributed by atoms with E-state index < -0.39 is 0 Å². The normalized spacial score (nSPS) is 15.0. The van der Waals surface area contributed by atoms with Gasteiger partial charge in [0.15, 0.2) is 0 Å². The summed E-state index contributed by atoms with van der Waals surface area (Å²) in [4.78, 5) is 29.8. The Morgan fingerprint density at radius 3 is 1.54 bits per heavy atom. The zero-order valence-corrected chi connectivity index (χ0v) is 21.4. The van der Waals surface area contributed by atoms with E-state index in [4.69, 9.17) is 0 Å². The predicted octanol–water partition coefficient (Wildman–Crippen LogP) is 5.51. The number of carbonyl (C=O) groups excluding carboxylic acids is 2. The molecule has 0 atom stereocenters. The lowest BCUT2D eigenvalue weighted by molar-refractivity contribution is -0.117. The van der Waals surface area contributed by atoms with Crippen molar-refractivity contribution in [1.29, 1.82) is 0 Å². The van der Waals surface area contributed by atoms with Gasteiger partial charge in [0.25, 0.3) is 0 Å². The maximum absolute atomic E-state index is 11.8. The quantitative estimate of drug-likeness (QED) is 0.329. The minimum atomic E-state index is 0.108. The average Bonchev–Trinajstić information content (AvgIpc) is 3.22. The second-order valence-electron chi connectivity index (χ2n) is 6.83. The van der Waals surface area contributed by atoms with E-state index in [1.807, 2.05) is 9.80 Å². The molecule has 8 heteroatoms. The van der Waals surface area contributed by atoms with Crippen molar-refractivity contribution in [3.63, 3.8) is 0 Å². The topological polar surface area (TPSA) is 40.6 Å². The van der Waals surface area contributed by atoms with Crippen molar-refractivity contribution in [3.8, 4) is 0 Å². The van der Waals surface area contributed by atoms with Gasteiger partial charge >= 0.3 is 0 Å². The van der Waals surface area contributed by atoms with Crippen LogP contribution >= 0.6 is 66.8 Å². The molecule has 4 nitrogen and oxygen atoms in total. The number of carbonyl (C=O) groups is 2. The Balaban J connectivity index is 1.55. The second-order valence-corrected chi connectivity index (χ2v) is 11.4. The van der Waals surface area contributed by atoms with E-state index >= 15 is 0 Å². The fourth-order valence-electron chi connectivity index (χ4n) is 3.65. The Bertz CT molecular complexity index is 917. The van der Waals surface area contributed by atoms with E-state index in [1.165, 1.54) is 28.1 Å². The van der Waals surface area contributed by atoms with Crippen molar-refractivity contribution in [2.24, 2.45) is 0 Å². The molecule has 0 unspecified atom stereocenters. The summed E-state index contributed by atoms with van der Waals surface area (Å²) in [5, 5.41) is 0. The third kappa shape index (κ3) is 3.93. The highest BCUT2D eigenvalue weighted by molar-refractivity contribution is 14.1. The third-order valence-corrected chi connectivity index (χ3v) is 10.0. The molecule has 0 fully saturated rings. The molecule has 0 saturated carbocycles. The van der Waals surface area contributed by atoms with Gasteiger partial charge in [-0.2, -0.15) is 0 Å². The zero-order valence-electron chi connectivity index (χ0n) is 15.4. The van der Waals surface area contributed by atoms with Gasteiger partial charge in [0.05, 0.1) is 0 Å². The second kappa shape index (κ2) is 8.35. The Kier molecular flexibility index (Phi) is 6.20. The molecule has 0 bridgehead atoms. The molecule has 2 aliphatic rings. The first kappa shape index (κ1) is 20.8. The minimum absolute atomic E-state index is 0.108. The number of nitrogens with zero attached hydrogens (tertiary/aromatic N) is 2. The summed E-state index contributed by atoms with van der Waals surface area (Å²) in [6.07, 6.45) is 1.84. The molecule has 0 spiro atoms. The molecule has 146 valence electrons. The Hall–Kier alpha value is -0.460. The van der Waals surface area contributed by atoms with Gasteiger partial charge in [0.1, 0.15) is 0 Å². The number of hydrogen-bond donors (Lipinski definition) is 0. The van der Waals surface area contributed by atoms with Crippen LogP contribution in [-0.4, -0.2) is 24.9 Å². The summed E-state index contributed by atoms with van der Waals surface area (Å²) in [5.74, 6) is 0.216. The zero-order chi connectivity index (χ0) is 20.0. The van der Waals surface area contributed by atoms with Gasteiger partial charge < -0.3 is 9.80 Å². The van der Waals surface area contributed by atoms with E-state index in [2.05, 4.69) is 69.4 Å². The van der Waals surface area contributed by atoms with Crippen molar-refractivity contribution >= 4 is 90.0 Å². The van der Waals surface area contributed by atoms with Crippen molar-refractivity contribution in [2.45, 2.75) is 36.5 Å². The smallest absolute Gasteiger partial charge is 0.223 e. The van der Waals surface area contributed by atoms with Crippen LogP contribution in [0.3, 0.4) is 0 Å².